The van der Waals surface area contributed by atoms with E-state index in [9.17, 15) is 30.7 Å². The fraction of sp³-hybridized carbons (Fsp3) is 0.533. The third kappa shape index (κ3) is 9.43. The molecule has 226 valence electrons. The lowest BCUT2D eigenvalue weighted by molar-refractivity contribution is -0.208. The molecule has 2 aromatic rings. The highest BCUT2D eigenvalue weighted by Gasteiger charge is 2.37. The zero-order valence-corrected chi connectivity index (χ0v) is 23.5. The maximum absolute atomic E-state index is 13.7. The molecule has 2 aromatic carbocycles. The average Bonchev–Trinajstić information content (AvgIpc) is 2.87. The highest BCUT2D eigenvalue weighted by molar-refractivity contribution is 5.33. The molecule has 1 fully saturated rings. The van der Waals surface area contributed by atoms with Crippen LogP contribution in [0.25, 0.3) is 0 Å². The third-order valence-corrected chi connectivity index (χ3v) is 6.84. The van der Waals surface area contributed by atoms with Gasteiger partial charge in [-0.25, -0.2) is 4.39 Å². The summed E-state index contributed by atoms with van der Waals surface area (Å²) in [5.41, 5.74) is -2.23. The van der Waals surface area contributed by atoms with Crippen LogP contribution in [0.3, 0.4) is 0 Å². The molecule has 3 rings (SSSR count). The largest absolute Gasteiger partial charge is 0.416 e. The van der Waals surface area contributed by atoms with Crippen LogP contribution in [-0.4, -0.2) is 61.0 Å². The van der Waals surface area contributed by atoms with Crippen molar-refractivity contribution in [2.75, 3.05) is 32.8 Å². The Morgan fingerprint density at radius 1 is 0.927 bits per heavy atom. The molecule has 0 saturated carbocycles. The van der Waals surface area contributed by atoms with Crippen molar-refractivity contribution < 1.29 is 40.2 Å². The van der Waals surface area contributed by atoms with Crippen molar-refractivity contribution >= 4 is 0 Å². The summed E-state index contributed by atoms with van der Waals surface area (Å²) in [6.07, 6.45) is -11.0. The van der Waals surface area contributed by atoms with E-state index >= 15 is 0 Å². The number of ether oxygens (including phenoxy) is 2. The molecular formula is C30H35F7N2O2. The fourth-order valence-electron chi connectivity index (χ4n) is 4.76. The number of morpholine rings is 1. The van der Waals surface area contributed by atoms with E-state index in [0.717, 1.165) is 0 Å². The van der Waals surface area contributed by atoms with E-state index in [1.165, 1.54) is 12.1 Å². The van der Waals surface area contributed by atoms with Gasteiger partial charge in [0, 0.05) is 18.6 Å². The van der Waals surface area contributed by atoms with Gasteiger partial charge in [0.1, 0.15) is 5.82 Å². The van der Waals surface area contributed by atoms with Gasteiger partial charge in [0.05, 0.1) is 43.5 Å². The van der Waals surface area contributed by atoms with Crippen molar-refractivity contribution in [2.45, 2.75) is 70.9 Å². The Morgan fingerprint density at radius 3 is 2.05 bits per heavy atom. The predicted octanol–water partition coefficient (Wildman–Crippen LogP) is 6.94. The van der Waals surface area contributed by atoms with Crippen LogP contribution in [0.5, 0.6) is 0 Å². The number of alkyl halides is 6. The van der Waals surface area contributed by atoms with Crippen molar-refractivity contribution in [3.05, 3.63) is 70.5 Å². The highest BCUT2D eigenvalue weighted by Crippen LogP contribution is 2.37. The number of rotatable bonds is 9. The Kier molecular flexibility index (Phi) is 11.2. The number of hydrogen-bond donors (Lipinski definition) is 0. The van der Waals surface area contributed by atoms with E-state index in [2.05, 4.69) is 44.4 Å². The Hall–Kier alpha value is -2.65. The molecule has 0 bridgehead atoms. The molecule has 1 aliphatic rings. The summed E-state index contributed by atoms with van der Waals surface area (Å²) in [6, 6.07) is 7.39. The van der Waals surface area contributed by atoms with Crippen molar-refractivity contribution in [1.82, 2.24) is 9.80 Å². The van der Waals surface area contributed by atoms with Gasteiger partial charge < -0.3 is 9.47 Å². The molecule has 0 N–H and O–H groups in total. The molecule has 2 atom stereocenters. The lowest BCUT2D eigenvalue weighted by atomic mass is 10.0. The Bertz CT molecular complexity index is 1140. The second-order valence-electron chi connectivity index (χ2n) is 10.5. The van der Waals surface area contributed by atoms with Crippen LogP contribution in [0.2, 0.25) is 0 Å². The fourth-order valence-corrected chi connectivity index (χ4v) is 4.76. The minimum absolute atomic E-state index is 0.0969. The molecule has 0 spiro atoms. The Labute approximate surface area is 236 Å². The van der Waals surface area contributed by atoms with Gasteiger partial charge in [-0.3, -0.25) is 9.80 Å². The molecule has 0 radical (unpaired) electrons. The molecule has 0 aromatic heterocycles. The van der Waals surface area contributed by atoms with Gasteiger partial charge in [-0.15, -0.1) is 0 Å². The van der Waals surface area contributed by atoms with Gasteiger partial charge >= 0.3 is 12.4 Å². The molecule has 1 saturated heterocycles. The SMILES string of the molecule is CC(C)N(CC#CCN1CCO[C@@H](OCCc2cc(C(F)(F)F)cc(C(F)(F)F)c2)[C@@H]1c1ccc(F)cc1)C(C)C. The zero-order chi connectivity index (χ0) is 30.4. The minimum Gasteiger partial charge on any atom is -0.350 e. The first-order valence-corrected chi connectivity index (χ1v) is 13.4. The molecule has 0 aliphatic carbocycles. The standard InChI is InChI=1S/C30H35F7N2O2/c1-20(2)39(21(3)4)13-6-5-12-38-14-16-41-28(27(38)23-7-9-26(31)10-8-23)40-15-11-22-17-24(29(32,33)34)19-25(18-22)30(35,36)37/h7-10,17-21,27-28H,11-16H2,1-4H3/t27-,28+/m0/s1. The molecule has 1 aliphatic heterocycles. The van der Waals surface area contributed by atoms with Gasteiger partial charge in [-0.05, 0) is 75.6 Å². The second kappa shape index (κ2) is 14.0. The smallest absolute Gasteiger partial charge is 0.350 e. The summed E-state index contributed by atoms with van der Waals surface area (Å²) < 4.78 is 105. The summed E-state index contributed by atoms with van der Waals surface area (Å²) in [6.45, 7) is 9.90. The van der Waals surface area contributed by atoms with Crippen LogP contribution in [-0.2, 0) is 28.2 Å². The number of benzene rings is 2. The number of nitrogens with zero attached hydrogens (tertiary/aromatic N) is 2. The normalized spacial score (nSPS) is 18.7. The monoisotopic (exact) mass is 588 g/mol. The summed E-state index contributed by atoms with van der Waals surface area (Å²) in [5, 5.41) is 0. The molecular weight excluding hydrogens is 553 g/mol. The van der Waals surface area contributed by atoms with Crippen LogP contribution >= 0.6 is 0 Å². The second-order valence-corrected chi connectivity index (χ2v) is 10.5. The summed E-state index contributed by atoms with van der Waals surface area (Å²) in [7, 11) is 0. The topological polar surface area (TPSA) is 24.9 Å². The lowest BCUT2D eigenvalue weighted by Crippen LogP contribution is -2.46. The molecule has 4 nitrogen and oxygen atoms in total. The van der Waals surface area contributed by atoms with Crippen molar-refractivity contribution in [3.63, 3.8) is 0 Å². The van der Waals surface area contributed by atoms with Crippen LogP contribution in [0.4, 0.5) is 30.7 Å². The lowest BCUT2D eigenvalue weighted by Gasteiger charge is -2.40. The first kappa shape index (κ1) is 32.9. The van der Waals surface area contributed by atoms with Crippen LogP contribution in [0.1, 0.15) is 56.0 Å². The summed E-state index contributed by atoms with van der Waals surface area (Å²) >= 11 is 0. The van der Waals surface area contributed by atoms with E-state index in [-0.39, 0.29) is 31.3 Å². The van der Waals surface area contributed by atoms with Gasteiger partial charge in [0.25, 0.3) is 0 Å². The van der Waals surface area contributed by atoms with E-state index in [0.29, 0.717) is 49.4 Å². The molecule has 0 amide bonds. The van der Waals surface area contributed by atoms with E-state index in [1.807, 2.05) is 4.90 Å². The van der Waals surface area contributed by atoms with Gasteiger partial charge in [0.2, 0.25) is 0 Å². The molecule has 0 unspecified atom stereocenters. The van der Waals surface area contributed by atoms with Gasteiger partial charge in [0.15, 0.2) is 6.29 Å². The molecule has 1 heterocycles. The quantitative estimate of drug-likeness (QED) is 0.234. The summed E-state index contributed by atoms with van der Waals surface area (Å²) in [5.74, 6) is 5.96. The summed E-state index contributed by atoms with van der Waals surface area (Å²) in [4.78, 5) is 4.25. The maximum atomic E-state index is 13.7. The highest BCUT2D eigenvalue weighted by atomic mass is 19.4. The zero-order valence-electron chi connectivity index (χ0n) is 23.5. The van der Waals surface area contributed by atoms with E-state index in [4.69, 9.17) is 9.47 Å². The van der Waals surface area contributed by atoms with Crippen molar-refractivity contribution in [1.29, 1.82) is 0 Å². The third-order valence-electron chi connectivity index (χ3n) is 6.84. The number of halogens is 7. The minimum atomic E-state index is -4.93. The van der Waals surface area contributed by atoms with Crippen LogP contribution < -0.4 is 0 Å². The Morgan fingerprint density at radius 2 is 1.51 bits per heavy atom. The van der Waals surface area contributed by atoms with E-state index < -0.39 is 41.6 Å². The van der Waals surface area contributed by atoms with Crippen molar-refractivity contribution in [2.24, 2.45) is 0 Å². The van der Waals surface area contributed by atoms with E-state index in [1.54, 1.807) is 12.1 Å². The maximum Gasteiger partial charge on any atom is 0.416 e. The predicted molar refractivity (Wildman–Crippen MR) is 141 cm³/mol. The molecule has 11 heteroatoms. The molecule has 41 heavy (non-hydrogen) atoms. The van der Waals surface area contributed by atoms with Gasteiger partial charge in [-0.1, -0.05) is 24.0 Å². The number of hydrogen-bond acceptors (Lipinski definition) is 4. The first-order chi connectivity index (χ1) is 19.2. The van der Waals surface area contributed by atoms with Crippen molar-refractivity contribution in [3.8, 4) is 11.8 Å². The average molecular weight is 589 g/mol. The van der Waals surface area contributed by atoms with Gasteiger partial charge in [-0.2, -0.15) is 26.3 Å². The first-order valence-electron chi connectivity index (χ1n) is 13.4. The Balaban J connectivity index is 1.77. The van der Waals surface area contributed by atoms with Crippen LogP contribution in [0, 0.1) is 17.7 Å². The van der Waals surface area contributed by atoms with Crippen LogP contribution in [0.15, 0.2) is 42.5 Å².